The van der Waals surface area contributed by atoms with Crippen molar-refractivity contribution in [3.05, 3.63) is 58.6 Å². The van der Waals surface area contributed by atoms with E-state index < -0.39 is 37.5 Å². The molecule has 0 bridgehead atoms. The number of nitrogens with one attached hydrogen (secondary N) is 1. The van der Waals surface area contributed by atoms with E-state index in [1.165, 1.54) is 24.9 Å². The summed E-state index contributed by atoms with van der Waals surface area (Å²) in [4.78, 5) is 23.1. The molecule has 0 aromatic heterocycles. The molecule has 2 aromatic carbocycles. The second kappa shape index (κ2) is 8.84. The number of rotatable bonds is 8. The second-order valence-electron chi connectivity index (χ2n) is 5.33. The predicted molar refractivity (Wildman–Crippen MR) is 101 cm³/mol. The van der Waals surface area contributed by atoms with Crippen LogP contribution in [0.4, 0.5) is 11.4 Å². The molecule has 0 fully saturated rings. The van der Waals surface area contributed by atoms with E-state index in [1.54, 1.807) is 0 Å². The van der Waals surface area contributed by atoms with E-state index >= 15 is 0 Å². The Hall–Kier alpha value is -2.63. The molecule has 11 heteroatoms. The highest BCUT2D eigenvalue weighted by molar-refractivity contribution is 7.99. The fourth-order valence-corrected chi connectivity index (χ4v) is 3.62. The van der Waals surface area contributed by atoms with E-state index in [1.807, 2.05) is 30.3 Å². The summed E-state index contributed by atoms with van der Waals surface area (Å²) in [5.74, 6) is -0.367. The van der Waals surface area contributed by atoms with Crippen molar-refractivity contribution in [3.63, 3.8) is 0 Å². The predicted octanol–water partition coefficient (Wildman–Crippen LogP) is 1.99. The number of hydrogen-bond acceptors (Lipinski definition) is 8. The van der Waals surface area contributed by atoms with Crippen LogP contribution in [0.1, 0.15) is 0 Å². The van der Waals surface area contributed by atoms with Crippen LogP contribution in [0, 0.1) is 10.1 Å². The van der Waals surface area contributed by atoms with Crippen LogP contribution in [0.15, 0.2) is 58.3 Å². The molecule has 3 N–H and O–H groups in total. The van der Waals surface area contributed by atoms with E-state index in [0.29, 0.717) is 0 Å². The Morgan fingerprint density at radius 3 is 2.52 bits per heavy atom. The molecule has 0 aliphatic heterocycles. The third-order valence-corrected chi connectivity index (χ3v) is 5.49. The van der Waals surface area contributed by atoms with Crippen LogP contribution in [-0.4, -0.2) is 38.2 Å². The van der Waals surface area contributed by atoms with Gasteiger partial charge in [-0.05, 0) is 24.3 Å². The molecule has 27 heavy (non-hydrogen) atoms. The number of nitrogens with zero attached hydrogens (tertiary/aromatic N) is 1. The first kappa shape index (κ1) is 20.7. The summed E-state index contributed by atoms with van der Waals surface area (Å²) >= 11 is 1.36. The normalized spacial score (nSPS) is 12.2. The van der Waals surface area contributed by atoms with E-state index in [-0.39, 0.29) is 11.4 Å². The van der Waals surface area contributed by atoms with Crippen LogP contribution in [0.5, 0.6) is 0 Å². The van der Waals surface area contributed by atoms with Crippen LogP contribution >= 0.6 is 11.8 Å². The third-order valence-electron chi connectivity index (χ3n) is 3.47. The average Bonchev–Trinajstić information content (AvgIpc) is 2.64. The molecular formula is C16H17N3O6S2. The Balaban J connectivity index is 2.28. The highest BCUT2D eigenvalue weighted by atomic mass is 32.2. The minimum absolute atomic E-state index is 0.0172. The number of anilines is 1. The summed E-state index contributed by atoms with van der Waals surface area (Å²) < 4.78 is 27.6. The third kappa shape index (κ3) is 5.67. The van der Waals surface area contributed by atoms with Gasteiger partial charge in [-0.1, -0.05) is 18.2 Å². The largest absolute Gasteiger partial charge is 0.467 e. The summed E-state index contributed by atoms with van der Waals surface area (Å²) in [5, 5.41) is 19.1. The fraction of sp³-hybridized carbons (Fsp3) is 0.188. The van der Waals surface area contributed by atoms with Crippen LogP contribution in [0.2, 0.25) is 0 Å². The summed E-state index contributed by atoms with van der Waals surface area (Å²) in [6, 6.07) is 11.6. The minimum Gasteiger partial charge on any atom is -0.467 e. The lowest BCUT2D eigenvalue weighted by Gasteiger charge is -2.17. The molecule has 0 saturated carbocycles. The van der Waals surface area contributed by atoms with Crippen molar-refractivity contribution < 1.29 is 22.9 Å². The van der Waals surface area contributed by atoms with Gasteiger partial charge in [0.15, 0.2) is 0 Å². The molecule has 0 unspecified atom stereocenters. The molecule has 0 aliphatic carbocycles. The molecule has 0 aliphatic rings. The molecular weight excluding hydrogens is 394 g/mol. The Bertz CT molecular complexity index is 934. The number of thioether (sulfide) groups is 1. The molecule has 1 atom stereocenters. The van der Waals surface area contributed by atoms with Gasteiger partial charge in [0.2, 0.25) is 10.0 Å². The standard InChI is InChI=1S/C16H17N3O6S2/c1-25-16(20)14(10-26-11-5-3-2-4-6-11)18-13-8-7-12(27(17,23)24)9-15(13)19(21)22/h2-9,14,18H,10H2,1H3,(H2,17,23,24)/t14-/m0/s1. The van der Waals surface area contributed by atoms with Gasteiger partial charge < -0.3 is 10.1 Å². The number of methoxy groups -OCH3 is 1. The van der Waals surface area contributed by atoms with Crippen molar-refractivity contribution >= 4 is 39.1 Å². The maximum atomic E-state index is 12.1. The lowest BCUT2D eigenvalue weighted by Crippen LogP contribution is -2.33. The van der Waals surface area contributed by atoms with Gasteiger partial charge in [0.25, 0.3) is 5.69 Å². The number of esters is 1. The number of carbonyl (C=O) groups is 1. The van der Waals surface area contributed by atoms with Crippen LogP contribution in [-0.2, 0) is 19.6 Å². The Morgan fingerprint density at radius 1 is 1.30 bits per heavy atom. The zero-order valence-electron chi connectivity index (χ0n) is 14.2. The number of sulfonamides is 1. The molecule has 9 nitrogen and oxygen atoms in total. The Kier molecular flexibility index (Phi) is 6.77. The number of hydrogen-bond donors (Lipinski definition) is 2. The van der Waals surface area contributed by atoms with Gasteiger partial charge in [-0.3, -0.25) is 10.1 Å². The SMILES string of the molecule is COC(=O)[C@H](CSc1ccccc1)Nc1ccc(S(N)(=O)=O)cc1[N+](=O)[O-]. The van der Waals surface area contributed by atoms with Crippen molar-refractivity contribution in [1.82, 2.24) is 0 Å². The van der Waals surface area contributed by atoms with E-state index in [2.05, 4.69) is 5.32 Å². The maximum absolute atomic E-state index is 12.1. The van der Waals surface area contributed by atoms with Gasteiger partial charge in [0, 0.05) is 16.7 Å². The zero-order chi connectivity index (χ0) is 20.0. The Labute approximate surface area is 160 Å². The maximum Gasteiger partial charge on any atom is 0.329 e. The first-order valence-electron chi connectivity index (χ1n) is 7.56. The van der Waals surface area contributed by atoms with Gasteiger partial charge in [-0.25, -0.2) is 18.4 Å². The van der Waals surface area contributed by atoms with Crippen molar-refractivity contribution in [3.8, 4) is 0 Å². The van der Waals surface area contributed by atoms with Gasteiger partial charge in [0.1, 0.15) is 11.7 Å². The number of nitro benzene ring substituents is 1. The summed E-state index contributed by atoms with van der Waals surface area (Å²) in [7, 11) is -2.89. The highest BCUT2D eigenvalue weighted by Crippen LogP contribution is 2.29. The summed E-state index contributed by atoms with van der Waals surface area (Å²) in [6.45, 7) is 0. The Morgan fingerprint density at radius 2 is 1.96 bits per heavy atom. The molecule has 0 radical (unpaired) electrons. The molecule has 0 heterocycles. The summed E-state index contributed by atoms with van der Waals surface area (Å²) in [5.41, 5.74) is -0.531. The van der Waals surface area contributed by atoms with E-state index in [9.17, 15) is 23.3 Å². The van der Waals surface area contributed by atoms with E-state index in [0.717, 1.165) is 17.0 Å². The topological polar surface area (TPSA) is 142 Å². The number of nitro groups is 1. The van der Waals surface area contributed by atoms with Crippen molar-refractivity contribution in [1.29, 1.82) is 0 Å². The minimum atomic E-state index is -4.10. The second-order valence-corrected chi connectivity index (χ2v) is 7.98. The van der Waals surface area contributed by atoms with Gasteiger partial charge >= 0.3 is 5.97 Å². The molecule has 2 rings (SSSR count). The molecule has 0 amide bonds. The van der Waals surface area contributed by atoms with Crippen molar-refractivity contribution in [2.24, 2.45) is 5.14 Å². The van der Waals surface area contributed by atoms with Crippen LogP contribution < -0.4 is 10.5 Å². The van der Waals surface area contributed by atoms with Crippen LogP contribution in [0.3, 0.4) is 0 Å². The number of nitrogens with two attached hydrogens (primary N) is 1. The lowest BCUT2D eigenvalue weighted by molar-refractivity contribution is -0.384. The number of benzene rings is 2. The first-order valence-corrected chi connectivity index (χ1v) is 10.1. The van der Waals surface area contributed by atoms with Gasteiger partial charge in [-0.15, -0.1) is 11.8 Å². The van der Waals surface area contributed by atoms with Crippen LogP contribution in [0.25, 0.3) is 0 Å². The number of primary sulfonamides is 1. The average molecular weight is 411 g/mol. The summed E-state index contributed by atoms with van der Waals surface area (Å²) in [6.07, 6.45) is 0. The molecule has 0 saturated heterocycles. The zero-order valence-corrected chi connectivity index (χ0v) is 15.8. The molecule has 144 valence electrons. The highest BCUT2D eigenvalue weighted by Gasteiger charge is 2.25. The first-order chi connectivity index (χ1) is 12.7. The monoisotopic (exact) mass is 411 g/mol. The lowest BCUT2D eigenvalue weighted by atomic mass is 10.2. The molecule has 2 aromatic rings. The van der Waals surface area contributed by atoms with Crippen molar-refractivity contribution in [2.45, 2.75) is 15.8 Å². The molecule has 0 spiro atoms. The number of ether oxygens (including phenoxy) is 1. The van der Waals surface area contributed by atoms with Gasteiger partial charge in [-0.2, -0.15) is 0 Å². The quantitative estimate of drug-likeness (QED) is 0.291. The van der Waals surface area contributed by atoms with Crippen molar-refractivity contribution in [2.75, 3.05) is 18.2 Å². The fourth-order valence-electron chi connectivity index (χ4n) is 2.16. The number of carbonyl (C=O) groups excluding carboxylic acids is 1. The smallest absolute Gasteiger partial charge is 0.329 e. The van der Waals surface area contributed by atoms with E-state index in [4.69, 9.17) is 9.88 Å². The van der Waals surface area contributed by atoms with Gasteiger partial charge in [0.05, 0.1) is 16.9 Å².